The molecule has 0 saturated heterocycles. The normalized spacial score (nSPS) is 17.5. The molecule has 0 bridgehead atoms. The number of hydrogen-bond donors (Lipinski definition) is 3. The van der Waals surface area contributed by atoms with Crippen LogP contribution in [0.2, 0.25) is 0 Å². The SMILES string of the molecule is Cc1nc(NC2CC2)sc1C(N)C(=O)O. The van der Waals surface area contributed by atoms with Gasteiger partial charge in [0.15, 0.2) is 5.13 Å². The van der Waals surface area contributed by atoms with Crippen molar-refractivity contribution in [3.63, 3.8) is 0 Å². The summed E-state index contributed by atoms with van der Waals surface area (Å²) in [5.74, 6) is -1.01. The predicted molar refractivity (Wildman–Crippen MR) is 58.1 cm³/mol. The third-order valence-electron chi connectivity index (χ3n) is 2.29. The first-order valence-corrected chi connectivity index (χ1v) is 5.62. The topological polar surface area (TPSA) is 88.2 Å². The maximum absolute atomic E-state index is 10.7. The fourth-order valence-corrected chi connectivity index (χ4v) is 2.31. The lowest BCUT2D eigenvalue weighted by Gasteiger charge is -2.02. The van der Waals surface area contributed by atoms with Gasteiger partial charge in [0.25, 0.3) is 0 Å². The van der Waals surface area contributed by atoms with Crippen molar-refractivity contribution in [2.75, 3.05) is 5.32 Å². The average Bonchev–Trinajstić information content (AvgIpc) is 2.89. The first-order chi connectivity index (χ1) is 7.08. The van der Waals surface area contributed by atoms with E-state index < -0.39 is 12.0 Å². The van der Waals surface area contributed by atoms with E-state index in [9.17, 15) is 4.79 Å². The summed E-state index contributed by atoms with van der Waals surface area (Å²) in [5, 5.41) is 12.8. The zero-order valence-corrected chi connectivity index (χ0v) is 9.17. The molecule has 6 heteroatoms. The number of carboxylic acid groups (broad SMARTS) is 1. The first kappa shape index (κ1) is 10.4. The van der Waals surface area contributed by atoms with E-state index in [1.807, 2.05) is 0 Å². The Balaban J connectivity index is 2.16. The summed E-state index contributed by atoms with van der Waals surface area (Å²) in [6.07, 6.45) is 2.33. The van der Waals surface area contributed by atoms with Crippen molar-refractivity contribution in [1.82, 2.24) is 4.98 Å². The number of aliphatic carboxylic acids is 1. The highest BCUT2D eigenvalue weighted by Gasteiger charge is 2.25. The van der Waals surface area contributed by atoms with Crippen LogP contribution in [0.3, 0.4) is 0 Å². The van der Waals surface area contributed by atoms with Crippen molar-refractivity contribution >= 4 is 22.4 Å². The average molecular weight is 227 g/mol. The van der Waals surface area contributed by atoms with Crippen LogP contribution >= 0.6 is 11.3 Å². The number of aryl methyl sites for hydroxylation is 1. The molecule has 5 nitrogen and oxygen atoms in total. The molecule has 0 amide bonds. The molecule has 0 radical (unpaired) electrons. The lowest BCUT2D eigenvalue weighted by Crippen LogP contribution is -2.20. The number of rotatable bonds is 4. The minimum atomic E-state index is -1.01. The number of hydrogen-bond acceptors (Lipinski definition) is 5. The summed E-state index contributed by atoms with van der Waals surface area (Å²) in [6.45, 7) is 1.78. The Bertz CT molecular complexity index is 387. The van der Waals surface area contributed by atoms with Crippen LogP contribution in [0.5, 0.6) is 0 Å². The van der Waals surface area contributed by atoms with Gasteiger partial charge in [-0.3, -0.25) is 4.79 Å². The van der Waals surface area contributed by atoms with E-state index in [4.69, 9.17) is 10.8 Å². The molecule has 1 heterocycles. The Hall–Kier alpha value is -1.14. The first-order valence-electron chi connectivity index (χ1n) is 4.80. The van der Waals surface area contributed by atoms with Crippen LogP contribution in [0, 0.1) is 6.92 Å². The molecule has 0 aliphatic heterocycles. The molecule has 1 unspecified atom stereocenters. The van der Waals surface area contributed by atoms with E-state index in [0.29, 0.717) is 16.6 Å². The second-order valence-corrected chi connectivity index (χ2v) is 4.73. The fraction of sp³-hybridized carbons (Fsp3) is 0.556. The summed E-state index contributed by atoms with van der Waals surface area (Å²) in [7, 11) is 0. The Kier molecular flexibility index (Phi) is 2.62. The quantitative estimate of drug-likeness (QED) is 0.717. The highest BCUT2D eigenvalue weighted by Crippen LogP contribution is 2.31. The second-order valence-electron chi connectivity index (χ2n) is 3.70. The molecule has 4 N–H and O–H groups in total. The van der Waals surface area contributed by atoms with E-state index in [1.165, 1.54) is 24.2 Å². The predicted octanol–water partition coefficient (Wildman–Crippen LogP) is 1.11. The van der Waals surface area contributed by atoms with Gasteiger partial charge in [-0.15, -0.1) is 0 Å². The maximum Gasteiger partial charge on any atom is 0.326 e. The van der Waals surface area contributed by atoms with Crippen LogP contribution in [-0.4, -0.2) is 22.1 Å². The molecule has 15 heavy (non-hydrogen) atoms. The summed E-state index contributed by atoms with van der Waals surface area (Å²) in [4.78, 5) is 15.6. The minimum Gasteiger partial charge on any atom is -0.480 e. The van der Waals surface area contributed by atoms with Gasteiger partial charge in [-0.25, -0.2) is 4.98 Å². The maximum atomic E-state index is 10.7. The van der Waals surface area contributed by atoms with Gasteiger partial charge >= 0.3 is 5.97 Å². The standard InChI is InChI=1S/C9H13N3O2S/c1-4-7(6(10)8(13)14)15-9(11-4)12-5-2-3-5/h5-6H,2-3,10H2,1H3,(H,11,12)(H,13,14). The van der Waals surface area contributed by atoms with Gasteiger partial charge in [-0.1, -0.05) is 11.3 Å². The van der Waals surface area contributed by atoms with Crippen molar-refractivity contribution in [1.29, 1.82) is 0 Å². The number of carboxylic acids is 1. The van der Waals surface area contributed by atoms with Crippen molar-refractivity contribution < 1.29 is 9.90 Å². The molecule has 1 atom stereocenters. The lowest BCUT2D eigenvalue weighted by molar-refractivity contribution is -0.138. The molecule has 82 valence electrons. The molecule has 1 aromatic rings. The molecule has 1 aliphatic rings. The van der Waals surface area contributed by atoms with E-state index in [0.717, 1.165) is 5.13 Å². The Morgan fingerprint density at radius 2 is 2.40 bits per heavy atom. The largest absolute Gasteiger partial charge is 0.480 e. The second kappa shape index (κ2) is 3.79. The van der Waals surface area contributed by atoms with Crippen LogP contribution in [0.1, 0.15) is 29.5 Å². The smallest absolute Gasteiger partial charge is 0.326 e. The third-order valence-corrected chi connectivity index (χ3v) is 3.46. The summed E-state index contributed by atoms with van der Waals surface area (Å²) in [6, 6.07) is -0.443. The van der Waals surface area contributed by atoms with Crippen LogP contribution < -0.4 is 11.1 Å². The monoisotopic (exact) mass is 227 g/mol. The molecule has 2 rings (SSSR count). The number of thiazole rings is 1. The van der Waals surface area contributed by atoms with Crippen LogP contribution in [0.15, 0.2) is 0 Å². The molecular formula is C9H13N3O2S. The fourth-order valence-electron chi connectivity index (χ4n) is 1.27. The van der Waals surface area contributed by atoms with Gasteiger partial charge in [-0.2, -0.15) is 0 Å². The zero-order chi connectivity index (χ0) is 11.0. The number of nitrogens with zero attached hydrogens (tertiary/aromatic N) is 1. The van der Waals surface area contributed by atoms with Crippen LogP contribution in [0.4, 0.5) is 5.13 Å². The molecule has 0 aromatic carbocycles. The van der Waals surface area contributed by atoms with E-state index in [-0.39, 0.29) is 0 Å². The van der Waals surface area contributed by atoms with E-state index in [1.54, 1.807) is 6.92 Å². The molecule has 1 fully saturated rings. The third kappa shape index (κ3) is 2.27. The number of nitrogens with one attached hydrogen (secondary N) is 1. The van der Waals surface area contributed by atoms with Gasteiger partial charge < -0.3 is 16.2 Å². The van der Waals surface area contributed by atoms with Crippen molar-refractivity contribution in [2.45, 2.75) is 31.8 Å². The van der Waals surface area contributed by atoms with Crippen molar-refractivity contribution in [3.8, 4) is 0 Å². The molecular weight excluding hydrogens is 214 g/mol. The Morgan fingerprint density at radius 3 is 2.93 bits per heavy atom. The number of anilines is 1. The van der Waals surface area contributed by atoms with Crippen LogP contribution in [0.25, 0.3) is 0 Å². The molecule has 1 aliphatic carbocycles. The van der Waals surface area contributed by atoms with E-state index >= 15 is 0 Å². The molecule has 1 aromatic heterocycles. The molecule has 0 spiro atoms. The summed E-state index contributed by atoms with van der Waals surface area (Å²) in [5.41, 5.74) is 6.25. The van der Waals surface area contributed by atoms with E-state index in [2.05, 4.69) is 10.3 Å². The van der Waals surface area contributed by atoms with Gasteiger partial charge in [0.2, 0.25) is 0 Å². The van der Waals surface area contributed by atoms with Gasteiger partial charge in [-0.05, 0) is 19.8 Å². The Morgan fingerprint density at radius 1 is 1.73 bits per heavy atom. The minimum absolute atomic E-state index is 0.518. The highest BCUT2D eigenvalue weighted by molar-refractivity contribution is 7.15. The molecule has 1 saturated carbocycles. The zero-order valence-electron chi connectivity index (χ0n) is 8.36. The number of aromatic nitrogens is 1. The summed E-state index contributed by atoms with van der Waals surface area (Å²) < 4.78 is 0. The summed E-state index contributed by atoms with van der Waals surface area (Å²) >= 11 is 1.34. The Labute approximate surface area is 91.3 Å². The van der Waals surface area contributed by atoms with Crippen molar-refractivity contribution in [2.24, 2.45) is 5.73 Å². The number of carbonyl (C=O) groups is 1. The van der Waals surface area contributed by atoms with Gasteiger partial charge in [0.05, 0.1) is 10.6 Å². The van der Waals surface area contributed by atoms with Gasteiger partial charge in [0.1, 0.15) is 6.04 Å². The van der Waals surface area contributed by atoms with Gasteiger partial charge in [0, 0.05) is 6.04 Å². The highest BCUT2D eigenvalue weighted by atomic mass is 32.1. The van der Waals surface area contributed by atoms with Crippen LogP contribution in [-0.2, 0) is 4.79 Å². The lowest BCUT2D eigenvalue weighted by atomic mass is 10.2. The van der Waals surface area contributed by atoms with Crippen molar-refractivity contribution in [3.05, 3.63) is 10.6 Å². The number of nitrogens with two attached hydrogens (primary N) is 1.